The lowest BCUT2D eigenvalue weighted by Gasteiger charge is -1.87. The van der Waals surface area contributed by atoms with Crippen molar-refractivity contribution in [3.8, 4) is 0 Å². The van der Waals surface area contributed by atoms with E-state index in [0.29, 0.717) is 0 Å². The van der Waals surface area contributed by atoms with Gasteiger partial charge in [0, 0.05) is 16.8 Å². The first-order valence-corrected chi connectivity index (χ1v) is 3.63. The van der Waals surface area contributed by atoms with Crippen LogP contribution in [0.15, 0.2) is 12.3 Å². The van der Waals surface area contributed by atoms with E-state index in [4.69, 9.17) is 11.6 Å². The number of nitrogens with zero attached hydrogens (tertiary/aromatic N) is 1. The van der Waals surface area contributed by atoms with Gasteiger partial charge in [-0.25, -0.2) is 0 Å². The molecule has 1 aromatic heterocycles. The Morgan fingerprint density at radius 2 is 2.38 bits per heavy atom. The van der Waals surface area contributed by atoms with Crippen LogP contribution in [0.2, 0.25) is 5.15 Å². The van der Waals surface area contributed by atoms with Crippen LogP contribution in [0.25, 0.3) is 0 Å². The first-order valence-electron chi connectivity index (χ1n) is 2.17. The van der Waals surface area contributed by atoms with Crippen molar-refractivity contribution < 1.29 is 0 Å². The van der Waals surface area contributed by atoms with Gasteiger partial charge >= 0.3 is 0 Å². The molecule has 0 bridgehead atoms. The summed E-state index contributed by atoms with van der Waals surface area (Å²) in [5.74, 6) is 0. The summed E-state index contributed by atoms with van der Waals surface area (Å²) in [4.78, 5) is 0. The summed E-state index contributed by atoms with van der Waals surface area (Å²) in [5.41, 5.74) is 0. The van der Waals surface area contributed by atoms with Crippen LogP contribution in [0.4, 0.5) is 0 Å². The molecule has 0 unspecified atom stereocenters. The molecule has 44 valence electrons. The van der Waals surface area contributed by atoms with E-state index in [1.54, 1.807) is 0 Å². The summed E-state index contributed by atoms with van der Waals surface area (Å²) in [6.45, 7) is 0. The Hall–Kier alpha value is 0.300. The largest absolute Gasteiger partial charge is 0.341 e. The van der Waals surface area contributed by atoms with Gasteiger partial charge in [0.2, 0.25) is 0 Å². The quantitative estimate of drug-likeness (QED) is 0.614. The number of halogens is 2. The van der Waals surface area contributed by atoms with Crippen molar-refractivity contribution >= 4 is 34.2 Å². The maximum Gasteiger partial charge on any atom is 0.109 e. The Labute approximate surface area is 66.8 Å². The Morgan fingerprint density at radius 1 is 1.75 bits per heavy atom. The van der Waals surface area contributed by atoms with Crippen LogP contribution >= 0.6 is 34.2 Å². The van der Waals surface area contributed by atoms with Crippen LogP contribution in [0, 0.1) is 3.57 Å². The molecule has 0 radical (unpaired) electrons. The van der Waals surface area contributed by atoms with Crippen LogP contribution in [0.5, 0.6) is 0 Å². The normalized spacial score (nSPS) is 9.88. The molecule has 0 saturated carbocycles. The molecule has 0 aliphatic carbocycles. The predicted molar refractivity (Wildman–Crippen MR) is 43.1 cm³/mol. The number of hydrogen-bond acceptors (Lipinski definition) is 0. The lowest BCUT2D eigenvalue weighted by Crippen LogP contribution is -1.80. The van der Waals surface area contributed by atoms with Crippen molar-refractivity contribution in [1.29, 1.82) is 0 Å². The number of rotatable bonds is 0. The van der Waals surface area contributed by atoms with Gasteiger partial charge in [0.15, 0.2) is 0 Å². The van der Waals surface area contributed by atoms with Crippen molar-refractivity contribution in [3.63, 3.8) is 0 Å². The van der Waals surface area contributed by atoms with Crippen molar-refractivity contribution in [2.75, 3.05) is 0 Å². The van der Waals surface area contributed by atoms with Gasteiger partial charge in [-0.05, 0) is 28.7 Å². The lowest BCUT2D eigenvalue weighted by molar-refractivity contribution is 0.927. The predicted octanol–water partition coefficient (Wildman–Crippen LogP) is 2.28. The molecular formula is C5H5ClIN. The van der Waals surface area contributed by atoms with Crippen LogP contribution in [0.3, 0.4) is 0 Å². The molecule has 8 heavy (non-hydrogen) atoms. The third-order valence-electron chi connectivity index (χ3n) is 0.911. The van der Waals surface area contributed by atoms with Crippen LogP contribution in [0.1, 0.15) is 0 Å². The number of aryl methyl sites for hydroxylation is 1. The molecule has 0 spiro atoms. The highest BCUT2D eigenvalue weighted by Gasteiger charge is 1.93. The fraction of sp³-hybridized carbons (Fsp3) is 0.200. The molecule has 0 fully saturated rings. The van der Waals surface area contributed by atoms with Gasteiger partial charge in [0.25, 0.3) is 0 Å². The molecule has 1 aromatic rings. The van der Waals surface area contributed by atoms with E-state index >= 15 is 0 Å². The second kappa shape index (κ2) is 2.27. The Balaban J connectivity index is 3.14. The zero-order valence-corrected chi connectivity index (χ0v) is 7.27. The monoisotopic (exact) mass is 241 g/mol. The molecule has 0 aromatic carbocycles. The van der Waals surface area contributed by atoms with E-state index in [9.17, 15) is 0 Å². The molecule has 0 atom stereocenters. The molecular weight excluding hydrogens is 236 g/mol. The fourth-order valence-corrected chi connectivity index (χ4v) is 1.56. The molecule has 1 rings (SSSR count). The van der Waals surface area contributed by atoms with Gasteiger partial charge in [0.05, 0.1) is 0 Å². The van der Waals surface area contributed by atoms with E-state index in [1.165, 1.54) is 3.57 Å². The first-order chi connectivity index (χ1) is 3.70. The SMILES string of the molecule is Cn1cc(I)cc1Cl. The third kappa shape index (κ3) is 1.17. The van der Waals surface area contributed by atoms with Gasteiger partial charge < -0.3 is 4.57 Å². The molecule has 1 heterocycles. The van der Waals surface area contributed by atoms with Gasteiger partial charge in [-0.1, -0.05) is 11.6 Å². The third-order valence-corrected chi connectivity index (χ3v) is 1.88. The lowest BCUT2D eigenvalue weighted by atomic mass is 10.7. The number of hydrogen-bond donors (Lipinski definition) is 0. The minimum Gasteiger partial charge on any atom is -0.341 e. The summed E-state index contributed by atoms with van der Waals surface area (Å²) in [7, 11) is 1.92. The van der Waals surface area contributed by atoms with Gasteiger partial charge in [-0.15, -0.1) is 0 Å². The van der Waals surface area contributed by atoms with Crippen molar-refractivity contribution in [2.24, 2.45) is 7.05 Å². The first kappa shape index (κ1) is 6.42. The maximum atomic E-state index is 5.69. The van der Waals surface area contributed by atoms with Gasteiger partial charge in [-0.3, -0.25) is 0 Å². The highest BCUT2D eigenvalue weighted by atomic mass is 127. The second-order valence-corrected chi connectivity index (χ2v) is 3.22. The van der Waals surface area contributed by atoms with Crippen molar-refractivity contribution in [2.45, 2.75) is 0 Å². The molecule has 0 N–H and O–H groups in total. The summed E-state index contributed by atoms with van der Waals surface area (Å²) in [5, 5.41) is 0.786. The maximum absolute atomic E-state index is 5.69. The molecule has 0 aliphatic heterocycles. The Kier molecular flexibility index (Phi) is 1.82. The summed E-state index contributed by atoms with van der Waals surface area (Å²) in [6.07, 6.45) is 1.98. The molecule has 1 nitrogen and oxygen atoms in total. The summed E-state index contributed by atoms with van der Waals surface area (Å²) in [6, 6.07) is 1.92. The minimum atomic E-state index is 0.786. The van der Waals surface area contributed by atoms with Crippen molar-refractivity contribution in [3.05, 3.63) is 21.0 Å². The Morgan fingerprint density at radius 3 is 2.50 bits per heavy atom. The molecule has 0 saturated heterocycles. The zero-order chi connectivity index (χ0) is 6.15. The fourth-order valence-electron chi connectivity index (χ4n) is 0.500. The van der Waals surface area contributed by atoms with Gasteiger partial charge in [0.1, 0.15) is 5.15 Å². The average molecular weight is 241 g/mol. The minimum absolute atomic E-state index is 0.786. The van der Waals surface area contributed by atoms with E-state index in [1.807, 2.05) is 23.9 Å². The zero-order valence-electron chi connectivity index (χ0n) is 4.36. The standard InChI is InChI=1S/C5H5ClIN/c1-8-3-4(7)2-5(8)6/h2-3H,1H3. The molecule has 0 amide bonds. The smallest absolute Gasteiger partial charge is 0.109 e. The van der Waals surface area contributed by atoms with Crippen molar-refractivity contribution in [1.82, 2.24) is 4.57 Å². The second-order valence-electron chi connectivity index (χ2n) is 1.59. The van der Waals surface area contributed by atoms with E-state index < -0.39 is 0 Å². The molecule has 3 heteroatoms. The van der Waals surface area contributed by atoms with E-state index in [0.717, 1.165) is 5.15 Å². The van der Waals surface area contributed by atoms with E-state index in [2.05, 4.69) is 22.6 Å². The van der Waals surface area contributed by atoms with Crippen LogP contribution in [-0.4, -0.2) is 4.57 Å². The molecule has 0 aliphatic rings. The van der Waals surface area contributed by atoms with Crippen LogP contribution < -0.4 is 0 Å². The highest BCUT2D eigenvalue weighted by Crippen LogP contribution is 2.13. The van der Waals surface area contributed by atoms with Gasteiger partial charge in [-0.2, -0.15) is 0 Å². The topological polar surface area (TPSA) is 4.93 Å². The Bertz CT molecular complexity index is 175. The summed E-state index contributed by atoms with van der Waals surface area (Å²) >= 11 is 7.91. The number of aromatic nitrogens is 1. The highest BCUT2D eigenvalue weighted by molar-refractivity contribution is 14.1. The summed E-state index contributed by atoms with van der Waals surface area (Å²) < 4.78 is 3.05. The average Bonchev–Trinajstić information content (AvgIpc) is 1.85. The van der Waals surface area contributed by atoms with Crippen LogP contribution in [-0.2, 0) is 7.05 Å². The van der Waals surface area contributed by atoms with E-state index in [-0.39, 0.29) is 0 Å².